The lowest BCUT2D eigenvalue weighted by Gasteiger charge is -2.24. The Hall–Kier alpha value is -2.26. The van der Waals surface area contributed by atoms with Gasteiger partial charge >= 0.3 is 11.9 Å². The number of hydrogen-bond acceptors (Lipinski definition) is 7. The van der Waals surface area contributed by atoms with Crippen LogP contribution in [0.4, 0.5) is 0 Å². The fourth-order valence-corrected chi connectivity index (χ4v) is 4.31. The van der Waals surface area contributed by atoms with Crippen molar-refractivity contribution in [3.63, 3.8) is 0 Å². The molecule has 39 heavy (non-hydrogen) atoms. The first kappa shape index (κ1) is 34.8. The molecule has 8 nitrogen and oxygen atoms in total. The van der Waals surface area contributed by atoms with Gasteiger partial charge in [0.2, 0.25) is 0 Å². The van der Waals surface area contributed by atoms with Crippen molar-refractivity contribution < 1.29 is 39.5 Å². The molecule has 1 aliphatic rings. The summed E-state index contributed by atoms with van der Waals surface area (Å²) in [5, 5.41) is 37.1. The second-order valence-corrected chi connectivity index (χ2v) is 10.1. The predicted molar refractivity (Wildman–Crippen MR) is 152 cm³/mol. The smallest absolute Gasteiger partial charge is 0.335 e. The van der Waals surface area contributed by atoms with Gasteiger partial charge in [-0.3, -0.25) is 4.79 Å². The number of esters is 1. The van der Waals surface area contributed by atoms with E-state index in [9.17, 15) is 24.9 Å². The Morgan fingerprint density at radius 1 is 0.923 bits per heavy atom. The molecule has 0 spiro atoms. The molecule has 1 saturated heterocycles. The van der Waals surface area contributed by atoms with E-state index in [1.165, 1.54) is 51.4 Å². The third-order valence-corrected chi connectivity index (χ3v) is 6.68. The van der Waals surface area contributed by atoms with Gasteiger partial charge in [0, 0.05) is 6.42 Å². The Kier molecular flexibility index (Phi) is 20.1. The van der Waals surface area contributed by atoms with Gasteiger partial charge in [-0.2, -0.15) is 0 Å². The number of unbranched alkanes of at least 4 members (excludes halogenated alkanes) is 11. The lowest BCUT2D eigenvalue weighted by atomic mass is 10.1. The number of carboxylic acids is 1. The molecule has 1 aliphatic heterocycles. The number of carbonyl (C=O) groups excluding carboxylic acids is 1. The van der Waals surface area contributed by atoms with E-state index < -0.39 is 43.0 Å². The van der Waals surface area contributed by atoms with Crippen LogP contribution in [0, 0.1) is 0 Å². The average Bonchev–Trinajstić information content (AvgIpc) is 3.27. The molecule has 0 amide bonds. The molecular formula is C31H50O8. The van der Waals surface area contributed by atoms with Crippen molar-refractivity contribution in [3.05, 3.63) is 48.0 Å². The number of aromatic carboxylic acids is 1. The maximum Gasteiger partial charge on any atom is 0.335 e. The summed E-state index contributed by atoms with van der Waals surface area (Å²) >= 11 is 0. The number of ether oxygens (including phenoxy) is 2. The molecule has 1 fully saturated rings. The zero-order valence-corrected chi connectivity index (χ0v) is 23.6. The molecule has 8 heteroatoms. The minimum Gasteiger partial charge on any atom is -0.478 e. The molecule has 1 heterocycles. The van der Waals surface area contributed by atoms with Crippen LogP contribution in [0.3, 0.4) is 0 Å². The number of benzene rings is 1. The molecule has 0 unspecified atom stereocenters. The van der Waals surface area contributed by atoms with Crippen LogP contribution in [-0.4, -0.2) is 70.0 Å². The van der Waals surface area contributed by atoms with Gasteiger partial charge in [-0.25, -0.2) is 4.79 Å². The molecule has 0 aliphatic carbocycles. The van der Waals surface area contributed by atoms with E-state index in [4.69, 9.17) is 14.6 Å². The van der Waals surface area contributed by atoms with Crippen LogP contribution in [0.15, 0.2) is 42.5 Å². The Balaban J connectivity index is 0.000000708. The van der Waals surface area contributed by atoms with E-state index >= 15 is 0 Å². The minimum absolute atomic E-state index is 0.0197. The molecule has 0 radical (unpaired) electrons. The van der Waals surface area contributed by atoms with Crippen molar-refractivity contribution in [2.45, 2.75) is 121 Å². The molecule has 2 rings (SSSR count). The summed E-state index contributed by atoms with van der Waals surface area (Å²) < 4.78 is 10.4. The van der Waals surface area contributed by atoms with Crippen molar-refractivity contribution in [1.82, 2.24) is 0 Å². The first-order valence-corrected chi connectivity index (χ1v) is 14.6. The normalized spacial score (nSPS) is 19.4. The van der Waals surface area contributed by atoms with Gasteiger partial charge in [-0.15, -0.1) is 0 Å². The van der Waals surface area contributed by atoms with Crippen molar-refractivity contribution in [3.8, 4) is 0 Å². The highest BCUT2D eigenvalue weighted by molar-refractivity contribution is 5.87. The summed E-state index contributed by atoms with van der Waals surface area (Å²) in [6.45, 7) is 1.79. The number of aliphatic hydroxyl groups excluding tert-OH is 3. The second kappa shape index (κ2) is 22.5. The quantitative estimate of drug-likeness (QED) is 0.102. The third-order valence-electron chi connectivity index (χ3n) is 6.68. The molecule has 4 atom stereocenters. The van der Waals surface area contributed by atoms with Gasteiger partial charge in [0.1, 0.15) is 18.3 Å². The molecule has 222 valence electrons. The van der Waals surface area contributed by atoms with Gasteiger partial charge in [0.15, 0.2) is 6.10 Å². The maximum atomic E-state index is 11.9. The van der Waals surface area contributed by atoms with E-state index in [1.807, 2.05) is 0 Å². The lowest BCUT2D eigenvalue weighted by Crippen LogP contribution is -2.43. The van der Waals surface area contributed by atoms with Crippen LogP contribution >= 0.6 is 0 Å². The summed E-state index contributed by atoms with van der Waals surface area (Å²) in [6, 6.07) is 8.30. The van der Waals surface area contributed by atoms with Crippen LogP contribution in [-0.2, 0) is 14.3 Å². The highest BCUT2D eigenvalue weighted by Gasteiger charge is 2.41. The summed E-state index contributed by atoms with van der Waals surface area (Å²) in [6.07, 6.45) is 16.5. The standard InChI is InChI=1S/C24H44O6.C7H6O2/c1-2-3-4-5-6-7-8-9-10-11-12-13-14-15-16-17-22(27)30-21(18-25)24-23(28)20(26)19-29-24;8-7(9)6-4-2-1-3-5-6/h9-10,20-21,23-26,28H,2-8,11-19H2,1H3;1-5H,(H,8,9)/b10-9-;/t20-,21+,23+,24+;/m0./s1. The number of rotatable bonds is 19. The van der Waals surface area contributed by atoms with Gasteiger partial charge in [-0.05, 0) is 44.2 Å². The largest absolute Gasteiger partial charge is 0.478 e. The van der Waals surface area contributed by atoms with Crippen LogP contribution in [0.5, 0.6) is 0 Å². The van der Waals surface area contributed by atoms with Crippen LogP contribution in [0.25, 0.3) is 0 Å². The van der Waals surface area contributed by atoms with E-state index in [2.05, 4.69) is 19.1 Å². The Morgan fingerprint density at radius 3 is 1.97 bits per heavy atom. The fourth-order valence-electron chi connectivity index (χ4n) is 4.31. The fraction of sp³-hybridized carbons (Fsp3) is 0.677. The Bertz CT molecular complexity index is 782. The van der Waals surface area contributed by atoms with E-state index in [0.717, 1.165) is 32.1 Å². The third kappa shape index (κ3) is 16.4. The van der Waals surface area contributed by atoms with E-state index in [1.54, 1.807) is 30.3 Å². The number of carbonyl (C=O) groups is 2. The molecule has 0 bridgehead atoms. The Morgan fingerprint density at radius 2 is 1.49 bits per heavy atom. The number of carboxylic acid groups (broad SMARTS) is 1. The van der Waals surface area contributed by atoms with Gasteiger partial charge in [0.05, 0.1) is 18.8 Å². The SMILES string of the molecule is CCCCCCCC/C=C\CCCCCCCC(=O)O[C@H](CO)[C@H]1OC[C@H](O)[C@H]1O.O=C(O)c1ccccc1. The van der Waals surface area contributed by atoms with E-state index in [0.29, 0.717) is 12.0 Å². The zero-order chi connectivity index (χ0) is 28.7. The van der Waals surface area contributed by atoms with Crippen LogP contribution in [0.1, 0.15) is 107 Å². The summed E-state index contributed by atoms with van der Waals surface area (Å²) in [7, 11) is 0. The van der Waals surface area contributed by atoms with Crippen molar-refractivity contribution >= 4 is 11.9 Å². The summed E-state index contributed by atoms with van der Waals surface area (Å²) in [4.78, 5) is 22.1. The first-order valence-electron chi connectivity index (χ1n) is 14.6. The summed E-state index contributed by atoms with van der Waals surface area (Å²) in [5.41, 5.74) is 0.331. The van der Waals surface area contributed by atoms with Crippen molar-refractivity contribution in [2.24, 2.45) is 0 Å². The highest BCUT2D eigenvalue weighted by Crippen LogP contribution is 2.20. The monoisotopic (exact) mass is 550 g/mol. The van der Waals surface area contributed by atoms with Gasteiger partial charge in [-0.1, -0.05) is 88.6 Å². The Labute approximate surface area is 234 Å². The summed E-state index contributed by atoms with van der Waals surface area (Å²) in [5.74, 6) is -1.28. The number of aliphatic hydroxyl groups is 3. The van der Waals surface area contributed by atoms with Crippen LogP contribution < -0.4 is 0 Å². The first-order chi connectivity index (χ1) is 18.9. The predicted octanol–water partition coefficient (Wildman–Crippen LogP) is 5.43. The minimum atomic E-state index is -1.14. The topological polar surface area (TPSA) is 134 Å². The van der Waals surface area contributed by atoms with E-state index in [-0.39, 0.29) is 6.61 Å². The molecular weight excluding hydrogens is 500 g/mol. The molecule has 1 aromatic rings. The maximum absolute atomic E-state index is 11.9. The number of hydrogen-bond donors (Lipinski definition) is 4. The van der Waals surface area contributed by atoms with Crippen molar-refractivity contribution in [2.75, 3.05) is 13.2 Å². The molecule has 1 aromatic carbocycles. The zero-order valence-electron chi connectivity index (χ0n) is 23.6. The highest BCUT2D eigenvalue weighted by atomic mass is 16.6. The van der Waals surface area contributed by atoms with Gasteiger partial charge in [0.25, 0.3) is 0 Å². The number of allylic oxidation sites excluding steroid dienone is 2. The molecule has 4 N–H and O–H groups in total. The van der Waals surface area contributed by atoms with Crippen molar-refractivity contribution in [1.29, 1.82) is 0 Å². The lowest BCUT2D eigenvalue weighted by molar-refractivity contribution is -0.162. The second-order valence-electron chi connectivity index (χ2n) is 10.1. The molecule has 0 saturated carbocycles. The van der Waals surface area contributed by atoms with Gasteiger partial charge < -0.3 is 29.9 Å². The average molecular weight is 551 g/mol. The van der Waals surface area contributed by atoms with Crippen LogP contribution in [0.2, 0.25) is 0 Å². The molecule has 0 aromatic heterocycles.